The first kappa shape index (κ1) is 30.6. The SMILES string of the molecule is C=CC(=O)Nc1ccc(-c2c(-c3ccc(C(=O)NCC(F)(F)F)c(OC)c3)c3c(N)ncc(C#N)c3n2CCOC)cc1. The van der Waals surface area contributed by atoms with Crippen molar-refractivity contribution < 1.29 is 32.2 Å². The van der Waals surface area contributed by atoms with Gasteiger partial charge in [0.2, 0.25) is 5.91 Å². The molecule has 4 N–H and O–H groups in total. The number of nitrogens with one attached hydrogen (secondary N) is 2. The van der Waals surface area contributed by atoms with E-state index >= 15 is 0 Å². The fourth-order valence-corrected chi connectivity index (χ4v) is 4.69. The maximum Gasteiger partial charge on any atom is 0.405 e. The standard InChI is InChI=1S/C30H27F3N6O4/c1-4-23(40)38-20-8-5-17(6-9-20)26-24(25-27(39(26)11-12-42-2)19(14-34)15-36-28(25)35)18-7-10-21(22(13-18)43-3)29(41)37-16-30(31,32)33/h4-10,13,15H,1,11-12,16H2,2-3H3,(H2,35,36)(H,37,41)(H,38,40). The van der Waals surface area contributed by atoms with Crippen LogP contribution in [0.1, 0.15) is 15.9 Å². The fourth-order valence-electron chi connectivity index (χ4n) is 4.69. The predicted molar refractivity (Wildman–Crippen MR) is 155 cm³/mol. The molecule has 0 aliphatic carbocycles. The van der Waals surface area contributed by atoms with Crippen LogP contribution < -0.4 is 21.1 Å². The molecule has 222 valence electrons. The number of nitriles is 1. The van der Waals surface area contributed by atoms with Gasteiger partial charge in [0.25, 0.3) is 5.91 Å². The van der Waals surface area contributed by atoms with E-state index in [1.165, 1.54) is 32.5 Å². The van der Waals surface area contributed by atoms with Gasteiger partial charge >= 0.3 is 6.18 Å². The van der Waals surface area contributed by atoms with Crippen LogP contribution in [0.3, 0.4) is 0 Å². The van der Waals surface area contributed by atoms with E-state index in [4.69, 9.17) is 15.2 Å². The summed E-state index contributed by atoms with van der Waals surface area (Å²) in [7, 11) is 2.83. The molecule has 0 radical (unpaired) electrons. The molecule has 0 bridgehead atoms. The smallest absolute Gasteiger partial charge is 0.405 e. The van der Waals surface area contributed by atoms with Crippen molar-refractivity contribution in [2.75, 3.05) is 38.4 Å². The Hall–Kier alpha value is -5.35. The van der Waals surface area contributed by atoms with E-state index in [0.717, 1.165) is 6.08 Å². The molecule has 0 fully saturated rings. The lowest BCUT2D eigenvalue weighted by Gasteiger charge is -2.15. The van der Waals surface area contributed by atoms with Crippen molar-refractivity contribution in [2.45, 2.75) is 12.7 Å². The number of nitrogen functional groups attached to an aromatic ring is 1. The highest BCUT2D eigenvalue weighted by Gasteiger charge is 2.29. The quantitative estimate of drug-likeness (QED) is 0.222. The zero-order chi connectivity index (χ0) is 31.3. The van der Waals surface area contributed by atoms with Crippen LogP contribution in [-0.2, 0) is 16.1 Å². The summed E-state index contributed by atoms with van der Waals surface area (Å²) < 4.78 is 50.8. The highest BCUT2D eigenvalue weighted by atomic mass is 19.4. The van der Waals surface area contributed by atoms with E-state index in [2.05, 4.69) is 22.9 Å². The van der Waals surface area contributed by atoms with Gasteiger partial charge in [-0.2, -0.15) is 18.4 Å². The molecule has 2 aromatic heterocycles. The number of rotatable bonds is 10. The van der Waals surface area contributed by atoms with Gasteiger partial charge in [-0.15, -0.1) is 0 Å². The number of carbonyl (C=O) groups is 2. The molecule has 0 aliphatic rings. The van der Waals surface area contributed by atoms with E-state index in [-0.39, 0.29) is 35.2 Å². The first-order valence-corrected chi connectivity index (χ1v) is 12.8. The van der Waals surface area contributed by atoms with Crippen LogP contribution in [0.4, 0.5) is 24.7 Å². The van der Waals surface area contributed by atoms with E-state index in [0.29, 0.717) is 45.5 Å². The van der Waals surface area contributed by atoms with E-state index in [1.807, 2.05) is 9.88 Å². The Balaban J connectivity index is 1.99. The molecule has 0 saturated carbocycles. The third-order valence-corrected chi connectivity index (χ3v) is 6.54. The number of benzene rings is 2. The van der Waals surface area contributed by atoms with Crippen molar-refractivity contribution in [3.8, 4) is 34.2 Å². The molecule has 2 heterocycles. The van der Waals surface area contributed by atoms with E-state index < -0.39 is 18.6 Å². The maximum absolute atomic E-state index is 12.7. The topological polar surface area (TPSA) is 144 Å². The van der Waals surface area contributed by atoms with Crippen LogP contribution in [0.25, 0.3) is 33.3 Å². The monoisotopic (exact) mass is 592 g/mol. The van der Waals surface area contributed by atoms with Gasteiger partial charge in [0.05, 0.1) is 41.4 Å². The second-order valence-electron chi connectivity index (χ2n) is 9.24. The maximum atomic E-state index is 12.7. The molecular formula is C30H27F3N6O4. The highest BCUT2D eigenvalue weighted by molar-refractivity contribution is 6.11. The van der Waals surface area contributed by atoms with Gasteiger partial charge in [0.1, 0.15) is 24.2 Å². The molecule has 13 heteroatoms. The number of ether oxygens (including phenoxy) is 2. The minimum Gasteiger partial charge on any atom is -0.496 e. The minimum absolute atomic E-state index is 0.0198. The molecule has 4 aromatic rings. The van der Waals surface area contributed by atoms with Crippen LogP contribution in [0.2, 0.25) is 0 Å². The Morgan fingerprint density at radius 2 is 1.86 bits per heavy atom. The Kier molecular flexibility index (Phi) is 9.01. The van der Waals surface area contributed by atoms with Crippen molar-refractivity contribution in [3.05, 3.63) is 72.4 Å². The average Bonchev–Trinajstić information content (AvgIpc) is 3.34. The molecular weight excluding hydrogens is 565 g/mol. The summed E-state index contributed by atoms with van der Waals surface area (Å²) in [6.45, 7) is 2.53. The summed E-state index contributed by atoms with van der Waals surface area (Å²) in [5.74, 6) is -1.20. The zero-order valence-electron chi connectivity index (χ0n) is 23.2. The molecule has 2 amide bonds. The van der Waals surface area contributed by atoms with Gasteiger partial charge in [-0.25, -0.2) is 4.98 Å². The molecule has 0 saturated heterocycles. The lowest BCUT2D eigenvalue weighted by molar-refractivity contribution is -0.123. The normalized spacial score (nSPS) is 11.2. The van der Waals surface area contributed by atoms with Gasteiger partial charge in [-0.05, 0) is 41.5 Å². The number of amides is 2. The molecule has 4 rings (SSSR count). The fraction of sp³-hybridized carbons (Fsp3) is 0.200. The number of alkyl halides is 3. The minimum atomic E-state index is -4.59. The number of nitrogens with zero attached hydrogens (tertiary/aromatic N) is 3. The lowest BCUT2D eigenvalue weighted by Crippen LogP contribution is -2.33. The van der Waals surface area contributed by atoms with Crippen molar-refractivity contribution in [2.24, 2.45) is 0 Å². The summed E-state index contributed by atoms with van der Waals surface area (Å²) in [4.78, 5) is 28.6. The first-order chi connectivity index (χ1) is 20.5. The summed E-state index contributed by atoms with van der Waals surface area (Å²) in [6.07, 6.45) is -2.07. The molecule has 0 aliphatic heterocycles. The number of nitrogens with two attached hydrogens (primary N) is 1. The molecule has 0 spiro atoms. The van der Waals surface area contributed by atoms with Crippen LogP contribution in [0, 0.1) is 11.3 Å². The number of pyridine rings is 1. The van der Waals surface area contributed by atoms with Crippen LogP contribution in [-0.4, -0.2) is 54.9 Å². The van der Waals surface area contributed by atoms with Gasteiger partial charge in [0, 0.05) is 31.1 Å². The van der Waals surface area contributed by atoms with Gasteiger partial charge in [0.15, 0.2) is 0 Å². The Morgan fingerprint density at radius 1 is 1.16 bits per heavy atom. The van der Waals surface area contributed by atoms with Crippen LogP contribution in [0.15, 0.2) is 61.3 Å². The Labute approximate surface area is 244 Å². The third kappa shape index (κ3) is 6.44. The van der Waals surface area contributed by atoms with Crippen molar-refractivity contribution in [3.63, 3.8) is 0 Å². The second kappa shape index (κ2) is 12.7. The van der Waals surface area contributed by atoms with Crippen molar-refractivity contribution in [1.82, 2.24) is 14.9 Å². The van der Waals surface area contributed by atoms with Gasteiger partial charge in [-0.3, -0.25) is 9.59 Å². The number of fused-ring (bicyclic) bond motifs is 1. The van der Waals surface area contributed by atoms with E-state index in [9.17, 15) is 28.0 Å². The largest absolute Gasteiger partial charge is 0.496 e. The van der Waals surface area contributed by atoms with Gasteiger partial charge in [-0.1, -0.05) is 24.8 Å². The number of methoxy groups -OCH3 is 2. The van der Waals surface area contributed by atoms with Crippen molar-refractivity contribution in [1.29, 1.82) is 5.26 Å². The summed E-state index contributed by atoms with van der Waals surface area (Å²) in [5.41, 5.74) is 9.88. The average molecular weight is 593 g/mol. The lowest BCUT2D eigenvalue weighted by atomic mass is 9.96. The molecule has 2 aromatic carbocycles. The Bertz CT molecular complexity index is 1740. The summed E-state index contributed by atoms with van der Waals surface area (Å²) >= 11 is 0. The molecule has 0 atom stereocenters. The van der Waals surface area contributed by atoms with Crippen LogP contribution >= 0.6 is 0 Å². The number of anilines is 2. The number of hydrogen-bond acceptors (Lipinski definition) is 7. The van der Waals surface area contributed by atoms with Crippen molar-refractivity contribution >= 4 is 34.2 Å². The molecule has 10 nitrogen and oxygen atoms in total. The highest BCUT2D eigenvalue weighted by Crippen LogP contribution is 2.45. The van der Waals surface area contributed by atoms with Crippen LogP contribution in [0.5, 0.6) is 5.75 Å². The molecule has 0 unspecified atom stereocenters. The third-order valence-electron chi connectivity index (χ3n) is 6.54. The number of hydrogen-bond donors (Lipinski definition) is 3. The Morgan fingerprint density at radius 3 is 2.47 bits per heavy atom. The van der Waals surface area contributed by atoms with Gasteiger partial charge < -0.3 is 30.4 Å². The second-order valence-corrected chi connectivity index (χ2v) is 9.24. The number of aromatic nitrogens is 2. The zero-order valence-corrected chi connectivity index (χ0v) is 23.2. The number of halogens is 3. The first-order valence-electron chi connectivity index (χ1n) is 12.8. The number of carbonyl (C=O) groups excluding carboxylic acids is 2. The predicted octanol–water partition coefficient (Wildman–Crippen LogP) is 4.90. The van der Waals surface area contributed by atoms with E-state index in [1.54, 1.807) is 30.3 Å². The molecule has 43 heavy (non-hydrogen) atoms. The summed E-state index contributed by atoms with van der Waals surface area (Å²) in [6, 6.07) is 13.5. The summed E-state index contributed by atoms with van der Waals surface area (Å²) in [5, 5.41) is 15.0.